The normalized spacial score (nSPS) is 11.6. The predicted octanol–water partition coefficient (Wildman–Crippen LogP) is 3.22. The number of hydrogen-bond acceptors (Lipinski definition) is 3. The van der Waals surface area contributed by atoms with Crippen LogP contribution in [0.1, 0.15) is 30.0 Å². The lowest BCUT2D eigenvalue weighted by Gasteiger charge is -2.17. The third-order valence-corrected chi connectivity index (χ3v) is 2.97. The van der Waals surface area contributed by atoms with Crippen LogP contribution in [0.15, 0.2) is 28.7 Å². The molecule has 2 rings (SSSR count). The van der Waals surface area contributed by atoms with Crippen molar-refractivity contribution in [1.82, 2.24) is 4.90 Å². The second kappa shape index (κ2) is 5.45. The third-order valence-electron chi connectivity index (χ3n) is 2.97. The number of aromatic carboxylic acids is 1. The zero-order valence-corrected chi connectivity index (χ0v) is 11.5. The van der Waals surface area contributed by atoms with E-state index in [1.807, 2.05) is 19.2 Å². The zero-order chi connectivity index (χ0) is 14.0. The molecule has 0 bridgehead atoms. The van der Waals surface area contributed by atoms with E-state index in [1.165, 1.54) is 0 Å². The Morgan fingerprint density at radius 1 is 1.37 bits per heavy atom. The smallest absolute Gasteiger partial charge is 0.339 e. The topological polar surface area (TPSA) is 53.7 Å². The molecular formula is C15H19NO3. The number of fused-ring (bicyclic) bond motifs is 1. The minimum Gasteiger partial charge on any atom is -0.478 e. The van der Waals surface area contributed by atoms with Crippen LogP contribution in [0.2, 0.25) is 0 Å². The highest BCUT2D eigenvalue weighted by Crippen LogP contribution is 2.26. The number of rotatable bonds is 5. The molecule has 0 unspecified atom stereocenters. The van der Waals surface area contributed by atoms with Crippen molar-refractivity contribution in [2.45, 2.75) is 20.4 Å². The molecule has 0 saturated heterocycles. The maximum atomic E-state index is 11.4. The second-order valence-corrected chi connectivity index (χ2v) is 5.29. The Bertz CT molecular complexity index is 586. The van der Waals surface area contributed by atoms with Crippen LogP contribution < -0.4 is 0 Å². The Morgan fingerprint density at radius 2 is 2.05 bits per heavy atom. The van der Waals surface area contributed by atoms with Crippen LogP contribution in [0.5, 0.6) is 0 Å². The minimum absolute atomic E-state index is 0.284. The number of nitrogens with zero attached hydrogens (tertiary/aromatic N) is 1. The van der Waals surface area contributed by atoms with Crippen molar-refractivity contribution in [3.63, 3.8) is 0 Å². The average molecular weight is 261 g/mol. The van der Waals surface area contributed by atoms with E-state index in [1.54, 1.807) is 12.1 Å². The summed E-state index contributed by atoms with van der Waals surface area (Å²) in [7, 11) is 1.97. The second-order valence-electron chi connectivity index (χ2n) is 5.29. The van der Waals surface area contributed by atoms with Crippen LogP contribution in [0.4, 0.5) is 0 Å². The molecule has 0 amide bonds. The van der Waals surface area contributed by atoms with Crippen LogP contribution in [-0.2, 0) is 6.54 Å². The summed E-state index contributed by atoms with van der Waals surface area (Å²) in [4.78, 5) is 13.5. The molecule has 102 valence electrons. The highest BCUT2D eigenvalue weighted by Gasteiger charge is 2.20. The number of para-hydroxylation sites is 1. The summed E-state index contributed by atoms with van der Waals surface area (Å²) in [6.45, 7) is 5.67. The molecule has 0 fully saturated rings. The number of hydrogen-bond donors (Lipinski definition) is 1. The summed E-state index contributed by atoms with van der Waals surface area (Å²) in [6, 6.07) is 7.26. The first-order valence-electron chi connectivity index (χ1n) is 6.41. The minimum atomic E-state index is -0.933. The molecule has 1 aromatic carbocycles. The Morgan fingerprint density at radius 3 is 2.68 bits per heavy atom. The maximum Gasteiger partial charge on any atom is 0.339 e. The molecular weight excluding hydrogens is 242 g/mol. The van der Waals surface area contributed by atoms with E-state index >= 15 is 0 Å². The summed E-state index contributed by atoms with van der Waals surface area (Å²) in [5, 5.41) is 10.0. The maximum absolute atomic E-state index is 11.4. The number of carboxylic acids is 1. The third kappa shape index (κ3) is 2.96. The van der Waals surface area contributed by atoms with E-state index < -0.39 is 5.97 Å². The largest absolute Gasteiger partial charge is 0.478 e. The van der Waals surface area contributed by atoms with Gasteiger partial charge in [-0.05, 0) is 19.0 Å². The van der Waals surface area contributed by atoms with Gasteiger partial charge >= 0.3 is 5.97 Å². The summed E-state index contributed by atoms with van der Waals surface area (Å²) in [5.41, 5.74) is 0.916. The molecule has 0 aliphatic rings. The van der Waals surface area contributed by atoms with E-state index in [9.17, 15) is 9.90 Å². The molecule has 4 nitrogen and oxygen atoms in total. The molecule has 4 heteroatoms. The molecule has 0 spiro atoms. The summed E-state index contributed by atoms with van der Waals surface area (Å²) in [6.07, 6.45) is 0. The Hall–Kier alpha value is -1.81. The molecule has 19 heavy (non-hydrogen) atoms. The van der Waals surface area contributed by atoms with Crippen LogP contribution >= 0.6 is 0 Å². The molecule has 0 saturated carbocycles. The van der Waals surface area contributed by atoms with E-state index in [0.29, 0.717) is 29.2 Å². The van der Waals surface area contributed by atoms with E-state index in [4.69, 9.17) is 4.42 Å². The molecule has 1 aromatic heterocycles. The van der Waals surface area contributed by atoms with Gasteiger partial charge in [-0.3, -0.25) is 4.90 Å². The molecule has 1 heterocycles. The fourth-order valence-electron chi connectivity index (χ4n) is 2.37. The van der Waals surface area contributed by atoms with Gasteiger partial charge in [0.2, 0.25) is 0 Å². The monoisotopic (exact) mass is 261 g/mol. The predicted molar refractivity (Wildman–Crippen MR) is 74.3 cm³/mol. The molecule has 2 aromatic rings. The number of furan rings is 1. The molecule has 0 aliphatic heterocycles. The lowest BCUT2D eigenvalue weighted by Crippen LogP contribution is -2.23. The van der Waals surface area contributed by atoms with Gasteiger partial charge in [-0.2, -0.15) is 0 Å². The number of carboxylic acid groups (broad SMARTS) is 1. The first-order valence-corrected chi connectivity index (χ1v) is 6.41. The van der Waals surface area contributed by atoms with Crippen LogP contribution in [0.25, 0.3) is 11.0 Å². The lowest BCUT2D eigenvalue weighted by atomic mass is 10.1. The van der Waals surface area contributed by atoms with Gasteiger partial charge in [0.1, 0.15) is 16.9 Å². The first kappa shape index (κ1) is 13.6. The molecule has 1 N–H and O–H groups in total. The fraction of sp³-hybridized carbons (Fsp3) is 0.400. The van der Waals surface area contributed by atoms with Crippen molar-refractivity contribution < 1.29 is 14.3 Å². The van der Waals surface area contributed by atoms with Crippen LogP contribution in [0.3, 0.4) is 0 Å². The number of benzene rings is 1. The van der Waals surface area contributed by atoms with Gasteiger partial charge in [0.05, 0.1) is 6.54 Å². The highest BCUT2D eigenvalue weighted by atomic mass is 16.4. The summed E-state index contributed by atoms with van der Waals surface area (Å²) >= 11 is 0. The highest BCUT2D eigenvalue weighted by molar-refractivity contribution is 6.03. The van der Waals surface area contributed by atoms with E-state index in [0.717, 1.165) is 6.54 Å². The zero-order valence-electron chi connectivity index (χ0n) is 11.5. The first-order chi connectivity index (χ1) is 8.99. The van der Waals surface area contributed by atoms with Gasteiger partial charge in [0.15, 0.2) is 0 Å². The summed E-state index contributed by atoms with van der Waals surface area (Å²) in [5.74, 6) is 0.123. The molecule has 0 atom stereocenters. The van der Waals surface area contributed by atoms with Crippen molar-refractivity contribution >= 4 is 16.9 Å². The van der Waals surface area contributed by atoms with E-state index in [2.05, 4.69) is 18.7 Å². The summed E-state index contributed by atoms with van der Waals surface area (Å²) < 4.78 is 5.69. The quantitative estimate of drug-likeness (QED) is 0.897. The fourth-order valence-corrected chi connectivity index (χ4v) is 2.37. The average Bonchev–Trinajstić information content (AvgIpc) is 2.64. The SMILES string of the molecule is CC(C)CN(C)Cc1oc2ccccc2c1C(=O)O. The van der Waals surface area contributed by atoms with Crippen molar-refractivity contribution in [3.8, 4) is 0 Å². The Kier molecular flexibility index (Phi) is 3.90. The van der Waals surface area contributed by atoms with Gasteiger partial charge in [0, 0.05) is 11.9 Å². The van der Waals surface area contributed by atoms with Crippen LogP contribution in [0, 0.1) is 5.92 Å². The lowest BCUT2D eigenvalue weighted by molar-refractivity contribution is 0.0695. The molecule has 0 aliphatic carbocycles. The van der Waals surface area contributed by atoms with Crippen molar-refractivity contribution in [3.05, 3.63) is 35.6 Å². The van der Waals surface area contributed by atoms with Gasteiger partial charge in [-0.15, -0.1) is 0 Å². The molecule has 0 radical (unpaired) electrons. The van der Waals surface area contributed by atoms with Crippen LogP contribution in [-0.4, -0.2) is 29.6 Å². The van der Waals surface area contributed by atoms with Crippen molar-refractivity contribution in [2.75, 3.05) is 13.6 Å². The van der Waals surface area contributed by atoms with Crippen molar-refractivity contribution in [2.24, 2.45) is 5.92 Å². The van der Waals surface area contributed by atoms with Gasteiger partial charge < -0.3 is 9.52 Å². The van der Waals surface area contributed by atoms with Gasteiger partial charge in [-0.1, -0.05) is 32.0 Å². The Balaban J connectivity index is 2.37. The van der Waals surface area contributed by atoms with E-state index in [-0.39, 0.29) is 5.56 Å². The van der Waals surface area contributed by atoms with Crippen molar-refractivity contribution in [1.29, 1.82) is 0 Å². The number of carbonyl (C=O) groups is 1. The Labute approximate surface area is 112 Å². The van der Waals surface area contributed by atoms with Gasteiger partial charge in [0.25, 0.3) is 0 Å². The standard InChI is InChI=1S/C15H19NO3/c1-10(2)8-16(3)9-13-14(15(17)18)11-6-4-5-7-12(11)19-13/h4-7,10H,8-9H2,1-3H3,(H,17,18). The van der Waals surface area contributed by atoms with Gasteiger partial charge in [-0.25, -0.2) is 4.79 Å².